The van der Waals surface area contributed by atoms with Crippen LogP contribution in [0, 0.1) is 5.41 Å². The highest BCUT2D eigenvalue weighted by molar-refractivity contribution is 6.48. The van der Waals surface area contributed by atoms with Gasteiger partial charge in [0, 0.05) is 28.2 Å². The number of benzene rings is 2. The van der Waals surface area contributed by atoms with E-state index in [1.165, 1.54) is 0 Å². The monoisotopic (exact) mass is 734 g/mol. The van der Waals surface area contributed by atoms with E-state index in [0.717, 1.165) is 0 Å². The van der Waals surface area contributed by atoms with Crippen molar-refractivity contribution < 1.29 is 19.1 Å². The third kappa shape index (κ3) is 7.08. The van der Waals surface area contributed by atoms with Crippen LogP contribution in [0.25, 0.3) is 23.2 Å². The lowest BCUT2D eigenvalue weighted by Gasteiger charge is -2.30. The van der Waals surface area contributed by atoms with Crippen molar-refractivity contribution in [3.8, 4) is 11.3 Å². The standard InChI is InChI=1S/C36H28Cl6O4/c1-35(2,3)29-11-17(9-27(45-29)19-13-23(37)31(41)24(38)14-19)7-21-33(43)22(34(21)44)8-18-10-28(46-30(12-18)36(4,5)6)20-15-25(39)32(42)26(40)16-20/h7-16H,1-6H3. The molecule has 1 aliphatic heterocycles. The van der Waals surface area contributed by atoms with Gasteiger partial charge < -0.3 is 9.84 Å². The van der Waals surface area contributed by atoms with Gasteiger partial charge >= 0.3 is 11.5 Å². The highest BCUT2D eigenvalue weighted by atomic mass is 35.5. The number of hydrogen-bond acceptors (Lipinski definition) is 3. The summed E-state index contributed by atoms with van der Waals surface area (Å²) in [6, 6.07) is 10.1. The molecule has 10 heteroatoms. The molecule has 46 heavy (non-hydrogen) atoms. The highest BCUT2D eigenvalue weighted by Gasteiger charge is 2.32. The molecule has 2 aromatic carbocycles. The van der Waals surface area contributed by atoms with Gasteiger partial charge in [0.15, 0.2) is 5.78 Å². The largest absolute Gasteiger partial charge is 0.871 e. The van der Waals surface area contributed by atoms with Crippen molar-refractivity contribution in [2.24, 2.45) is 5.41 Å². The van der Waals surface area contributed by atoms with Crippen LogP contribution in [0.3, 0.4) is 0 Å². The van der Waals surface area contributed by atoms with Gasteiger partial charge in [-0.2, -0.15) is 0 Å². The minimum absolute atomic E-state index is 0.0589. The average molecular weight is 737 g/mol. The fourth-order valence-electron chi connectivity index (χ4n) is 4.66. The first-order valence-corrected chi connectivity index (χ1v) is 16.4. The number of ketones is 1. The average Bonchev–Trinajstić information content (AvgIpc) is 2.98. The Balaban J connectivity index is 1.57. The number of rotatable bonds is 4. The van der Waals surface area contributed by atoms with E-state index >= 15 is 0 Å². The van der Waals surface area contributed by atoms with Gasteiger partial charge in [0.1, 0.15) is 11.5 Å². The molecular weight excluding hydrogens is 709 g/mol. The predicted octanol–water partition coefficient (Wildman–Crippen LogP) is 12.0. The second-order valence-electron chi connectivity index (χ2n) is 13.0. The lowest BCUT2D eigenvalue weighted by molar-refractivity contribution is -0.300. The van der Waals surface area contributed by atoms with Crippen molar-refractivity contribution in [1.82, 2.24) is 0 Å². The Morgan fingerprint density at radius 1 is 0.717 bits per heavy atom. The summed E-state index contributed by atoms with van der Waals surface area (Å²) in [6.07, 6.45) is 6.67. The molecule has 0 amide bonds. The first-order valence-electron chi connectivity index (χ1n) is 14.1. The zero-order valence-corrected chi connectivity index (χ0v) is 30.2. The van der Waals surface area contributed by atoms with Crippen molar-refractivity contribution in [3.63, 3.8) is 0 Å². The first-order chi connectivity index (χ1) is 21.3. The van der Waals surface area contributed by atoms with Gasteiger partial charge in [0.25, 0.3) is 0 Å². The smallest absolute Gasteiger partial charge is 0.360 e. The van der Waals surface area contributed by atoms with Crippen LogP contribution in [-0.2, 0) is 14.9 Å². The van der Waals surface area contributed by atoms with Crippen molar-refractivity contribution in [1.29, 1.82) is 0 Å². The summed E-state index contributed by atoms with van der Waals surface area (Å²) >= 11 is 37.5. The Morgan fingerprint density at radius 2 is 1.26 bits per heavy atom. The molecule has 0 bridgehead atoms. The van der Waals surface area contributed by atoms with Crippen molar-refractivity contribution in [2.45, 2.75) is 47.0 Å². The maximum Gasteiger partial charge on any atom is 0.360 e. The van der Waals surface area contributed by atoms with Crippen molar-refractivity contribution in [3.05, 3.63) is 130 Å². The van der Waals surface area contributed by atoms with Crippen LogP contribution >= 0.6 is 69.6 Å². The molecule has 1 aromatic heterocycles. The minimum Gasteiger partial charge on any atom is -0.871 e. The molecule has 4 nitrogen and oxygen atoms in total. The van der Waals surface area contributed by atoms with Crippen LogP contribution in [0.2, 0.25) is 30.1 Å². The maximum absolute atomic E-state index is 13.4. The lowest BCUT2D eigenvalue weighted by atomic mass is 9.84. The van der Waals surface area contributed by atoms with Gasteiger partial charge in [-0.05, 0) is 80.5 Å². The molecule has 3 aromatic rings. The second kappa shape index (κ2) is 12.7. The van der Waals surface area contributed by atoms with Crippen LogP contribution in [0.5, 0.6) is 0 Å². The van der Waals surface area contributed by atoms with E-state index in [2.05, 4.69) is 0 Å². The number of allylic oxidation sites excluding steroid dienone is 7. The van der Waals surface area contributed by atoms with Crippen LogP contribution in [0.4, 0.5) is 0 Å². The summed E-state index contributed by atoms with van der Waals surface area (Å²) in [7, 11) is 0. The van der Waals surface area contributed by atoms with Gasteiger partial charge in [0.2, 0.25) is 0 Å². The molecule has 0 unspecified atom stereocenters. The fourth-order valence-corrected chi connectivity index (χ4v) is 5.85. The molecule has 0 atom stereocenters. The van der Waals surface area contributed by atoms with E-state index in [9.17, 15) is 9.90 Å². The molecule has 5 rings (SSSR count). The normalized spacial score (nSPS) is 17.3. The van der Waals surface area contributed by atoms with Crippen LogP contribution in [0.15, 0.2) is 87.3 Å². The van der Waals surface area contributed by atoms with Gasteiger partial charge in [-0.15, -0.1) is 0 Å². The lowest BCUT2D eigenvalue weighted by Crippen LogP contribution is -2.29. The van der Waals surface area contributed by atoms with Crippen LogP contribution in [-0.4, -0.2) is 5.78 Å². The molecule has 238 valence electrons. The summed E-state index contributed by atoms with van der Waals surface area (Å²) in [6.45, 7) is 12.0. The van der Waals surface area contributed by atoms with Gasteiger partial charge in [-0.3, -0.25) is 4.79 Å². The van der Waals surface area contributed by atoms with Gasteiger partial charge in [-0.25, -0.2) is 4.42 Å². The van der Waals surface area contributed by atoms with E-state index in [1.54, 1.807) is 60.7 Å². The maximum atomic E-state index is 13.4. The number of halogens is 6. The first kappa shape index (κ1) is 34.6. The summed E-state index contributed by atoms with van der Waals surface area (Å²) < 4.78 is 12.4. The van der Waals surface area contributed by atoms with E-state index in [-0.39, 0.29) is 63.7 Å². The molecule has 0 saturated carbocycles. The molecule has 0 spiro atoms. The zero-order valence-electron chi connectivity index (χ0n) is 25.7. The number of carbonyl (C=O) groups excluding carboxylic acids is 1. The molecule has 0 saturated heterocycles. The minimum atomic E-state index is -0.388. The molecule has 2 heterocycles. The number of carbonyl (C=O) groups is 1. The third-order valence-electron chi connectivity index (χ3n) is 7.25. The summed E-state index contributed by atoms with van der Waals surface area (Å²) in [5, 5.41) is 15.0. The SMILES string of the molecule is CC(C)(C)C1=CC(=CC2=C([O-])C(=Cc3cc(-c4cc(Cl)c(Cl)c(Cl)c4)[o+]c(C(C)(C)C)c3)C2=O)C=C(c2cc(Cl)c(Cl)c(Cl)c2)O1. The topological polar surface area (TPSA) is 60.7 Å². The molecule has 0 fully saturated rings. The van der Waals surface area contributed by atoms with Gasteiger partial charge in [-0.1, -0.05) is 96.1 Å². The summed E-state index contributed by atoms with van der Waals surface area (Å²) in [5.41, 5.74) is 1.75. The highest BCUT2D eigenvalue weighted by Crippen LogP contribution is 2.42. The summed E-state index contributed by atoms with van der Waals surface area (Å²) in [5.74, 6) is 1.41. The third-order valence-corrected chi connectivity index (χ3v) is 9.64. The molecular formula is C36H28Cl6O4. The Kier molecular flexibility index (Phi) is 9.58. The fraction of sp³-hybridized carbons (Fsp3) is 0.222. The van der Waals surface area contributed by atoms with Crippen molar-refractivity contribution in [2.75, 3.05) is 0 Å². The Labute approximate surface area is 298 Å². The Morgan fingerprint density at radius 3 is 1.76 bits per heavy atom. The Bertz CT molecular complexity index is 1920. The molecule has 0 radical (unpaired) electrons. The molecule has 0 N–H and O–H groups in total. The Hall–Kier alpha value is -2.70. The summed E-state index contributed by atoms with van der Waals surface area (Å²) in [4.78, 5) is 13.4. The number of hydrogen-bond donors (Lipinski definition) is 0. The van der Waals surface area contributed by atoms with Crippen LogP contribution in [0.1, 0.15) is 58.4 Å². The van der Waals surface area contributed by atoms with E-state index in [0.29, 0.717) is 45.3 Å². The molecule has 1 aliphatic carbocycles. The van der Waals surface area contributed by atoms with E-state index < -0.39 is 0 Å². The zero-order chi connectivity index (χ0) is 33.9. The second-order valence-corrected chi connectivity index (χ2v) is 15.4. The molecule has 2 aliphatic rings. The number of ether oxygens (including phenoxy) is 1. The van der Waals surface area contributed by atoms with E-state index in [1.807, 2.05) is 41.5 Å². The van der Waals surface area contributed by atoms with Gasteiger partial charge in [0.05, 0.1) is 47.2 Å². The predicted molar refractivity (Wildman–Crippen MR) is 188 cm³/mol. The van der Waals surface area contributed by atoms with Crippen LogP contribution < -0.4 is 5.11 Å². The van der Waals surface area contributed by atoms with E-state index in [4.69, 9.17) is 78.8 Å². The van der Waals surface area contributed by atoms with Crippen molar-refractivity contribution >= 4 is 87.2 Å². The quantitative estimate of drug-likeness (QED) is 0.152. The number of Topliss-reactive ketones (excluding diaryl/α,β-unsaturated/α-hetero) is 1.